The fourth-order valence-electron chi connectivity index (χ4n) is 0.959. The average Bonchev–Trinajstić information content (AvgIpc) is 1.96. The highest BCUT2D eigenvalue weighted by atomic mass is 31.2. The van der Waals surface area contributed by atoms with Crippen LogP contribution in [0.1, 0.15) is 5.56 Å². The second-order valence-corrected chi connectivity index (χ2v) is 4.32. The summed E-state index contributed by atoms with van der Waals surface area (Å²) in [6.45, 7) is 0. The number of aromatic hydroxyl groups is 1. The summed E-state index contributed by atoms with van der Waals surface area (Å²) in [5.41, 5.74) is 5.67. The van der Waals surface area contributed by atoms with Crippen molar-refractivity contribution >= 4 is 13.3 Å². The van der Waals surface area contributed by atoms with Gasteiger partial charge in [-0.25, -0.2) is 0 Å². The zero-order valence-corrected chi connectivity index (χ0v) is 7.61. The van der Waals surface area contributed by atoms with E-state index in [2.05, 4.69) is 0 Å². The topological polar surface area (TPSA) is 104 Å². The lowest BCUT2D eigenvalue weighted by molar-refractivity contribution is 0.372. The molecule has 13 heavy (non-hydrogen) atoms. The van der Waals surface area contributed by atoms with Crippen molar-refractivity contribution < 1.29 is 19.5 Å². The lowest BCUT2D eigenvalue weighted by Crippen LogP contribution is -1.95. The van der Waals surface area contributed by atoms with Gasteiger partial charge in [-0.2, -0.15) is 0 Å². The van der Waals surface area contributed by atoms with Gasteiger partial charge in [-0.1, -0.05) is 12.1 Å². The van der Waals surface area contributed by atoms with Crippen molar-refractivity contribution in [3.05, 3.63) is 23.8 Å². The maximum atomic E-state index is 10.6. The molecule has 0 spiro atoms. The number of nitrogens with two attached hydrogens (primary N) is 1. The maximum absolute atomic E-state index is 10.6. The highest BCUT2D eigenvalue weighted by Gasteiger charge is 2.16. The minimum Gasteiger partial charge on any atom is -0.506 e. The SMILES string of the molecule is Nc1c(O)cccc1CP(=O)(O)O. The van der Waals surface area contributed by atoms with E-state index in [9.17, 15) is 4.57 Å². The van der Waals surface area contributed by atoms with Crippen molar-refractivity contribution in [3.8, 4) is 5.75 Å². The molecule has 6 heteroatoms. The van der Waals surface area contributed by atoms with E-state index in [1.807, 2.05) is 0 Å². The number of rotatable bonds is 2. The molecule has 1 aromatic carbocycles. The van der Waals surface area contributed by atoms with E-state index in [4.69, 9.17) is 20.6 Å². The van der Waals surface area contributed by atoms with Gasteiger partial charge >= 0.3 is 7.60 Å². The first-order valence-corrected chi connectivity index (χ1v) is 5.31. The molecule has 0 unspecified atom stereocenters. The summed E-state index contributed by atoms with van der Waals surface area (Å²) < 4.78 is 10.6. The molecule has 0 heterocycles. The molecule has 0 fully saturated rings. The Kier molecular flexibility index (Phi) is 2.61. The summed E-state index contributed by atoms with van der Waals surface area (Å²) in [5, 5.41) is 9.12. The van der Waals surface area contributed by atoms with E-state index in [0.29, 0.717) is 0 Å². The highest BCUT2D eigenvalue weighted by molar-refractivity contribution is 7.50. The van der Waals surface area contributed by atoms with Crippen LogP contribution in [0.2, 0.25) is 0 Å². The van der Waals surface area contributed by atoms with Crippen molar-refractivity contribution in [1.82, 2.24) is 0 Å². The Morgan fingerprint density at radius 2 is 2.00 bits per heavy atom. The van der Waals surface area contributed by atoms with Gasteiger partial charge in [-0.05, 0) is 11.6 Å². The number of para-hydroxylation sites is 1. The molecule has 0 radical (unpaired) electrons. The third-order valence-corrected chi connectivity index (χ3v) is 2.30. The van der Waals surface area contributed by atoms with Crippen LogP contribution in [-0.4, -0.2) is 14.9 Å². The quantitative estimate of drug-likeness (QED) is 0.321. The summed E-state index contributed by atoms with van der Waals surface area (Å²) in [4.78, 5) is 17.3. The van der Waals surface area contributed by atoms with Crippen molar-refractivity contribution in [2.75, 3.05) is 5.73 Å². The van der Waals surface area contributed by atoms with E-state index in [0.717, 1.165) is 0 Å². The van der Waals surface area contributed by atoms with E-state index in [1.54, 1.807) is 0 Å². The monoisotopic (exact) mass is 203 g/mol. The average molecular weight is 203 g/mol. The highest BCUT2D eigenvalue weighted by Crippen LogP contribution is 2.41. The van der Waals surface area contributed by atoms with Crippen LogP contribution in [0.3, 0.4) is 0 Å². The molecule has 0 aromatic heterocycles. The second-order valence-electron chi connectivity index (χ2n) is 2.67. The predicted molar refractivity (Wildman–Crippen MR) is 48.3 cm³/mol. The summed E-state index contributed by atoms with van der Waals surface area (Å²) in [5.74, 6) is -0.161. The van der Waals surface area contributed by atoms with Crippen LogP contribution >= 0.6 is 7.60 Å². The number of hydrogen-bond acceptors (Lipinski definition) is 3. The van der Waals surface area contributed by atoms with Crippen LogP contribution < -0.4 is 5.73 Å². The fourth-order valence-corrected chi connectivity index (χ4v) is 1.68. The molecule has 5 nitrogen and oxygen atoms in total. The third-order valence-electron chi connectivity index (χ3n) is 1.55. The smallest absolute Gasteiger partial charge is 0.329 e. The van der Waals surface area contributed by atoms with Crippen LogP contribution in [-0.2, 0) is 10.7 Å². The Balaban J connectivity index is 3.03. The molecule has 1 rings (SSSR count). The van der Waals surface area contributed by atoms with Crippen molar-refractivity contribution in [2.24, 2.45) is 0 Å². The van der Waals surface area contributed by atoms with Gasteiger partial charge in [-0.3, -0.25) is 4.57 Å². The van der Waals surface area contributed by atoms with Gasteiger partial charge < -0.3 is 20.6 Å². The molecule has 0 amide bonds. The van der Waals surface area contributed by atoms with Crippen LogP contribution in [0.25, 0.3) is 0 Å². The largest absolute Gasteiger partial charge is 0.506 e. The van der Waals surface area contributed by atoms with E-state index in [-0.39, 0.29) is 17.0 Å². The first-order chi connectivity index (χ1) is 5.90. The number of phenols is 1. The first-order valence-electron chi connectivity index (χ1n) is 3.51. The molecule has 0 bridgehead atoms. The molecular formula is C7H10NO4P. The summed E-state index contributed by atoms with van der Waals surface area (Å²) in [6.07, 6.45) is -0.451. The number of anilines is 1. The van der Waals surface area contributed by atoms with Gasteiger partial charge in [0.2, 0.25) is 0 Å². The normalized spacial score (nSPS) is 11.5. The summed E-state index contributed by atoms with van der Waals surface area (Å²) in [6, 6.07) is 4.31. The molecule has 0 saturated heterocycles. The molecular weight excluding hydrogens is 193 g/mol. The van der Waals surface area contributed by atoms with Gasteiger partial charge in [0, 0.05) is 0 Å². The zero-order chi connectivity index (χ0) is 10.1. The molecule has 5 N–H and O–H groups in total. The summed E-state index contributed by atoms with van der Waals surface area (Å²) in [7, 11) is -4.13. The van der Waals surface area contributed by atoms with Crippen molar-refractivity contribution in [3.63, 3.8) is 0 Å². The Morgan fingerprint density at radius 1 is 1.38 bits per heavy atom. The lowest BCUT2D eigenvalue weighted by Gasteiger charge is -2.07. The van der Waals surface area contributed by atoms with E-state index < -0.39 is 13.8 Å². The van der Waals surface area contributed by atoms with Crippen LogP contribution in [0.5, 0.6) is 5.75 Å². The molecule has 0 aliphatic rings. The van der Waals surface area contributed by atoms with Gasteiger partial charge in [0.05, 0.1) is 11.8 Å². The molecule has 72 valence electrons. The second kappa shape index (κ2) is 3.38. The summed E-state index contributed by atoms with van der Waals surface area (Å²) >= 11 is 0. The van der Waals surface area contributed by atoms with Gasteiger partial charge in [0.25, 0.3) is 0 Å². The van der Waals surface area contributed by atoms with Crippen molar-refractivity contribution in [2.45, 2.75) is 6.16 Å². The molecule has 0 atom stereocenters. The number of nitrogen functional groups attached to an aromatic ring is 1. The minimum absolute atomic E-state index is 0.0193. The lowest BCUT2D eigenvalue weighted by atomic mass is 10.2. The standard InChI is InChI=1S/C7H10NO4P/c8-7-5(4-13(10,11)12)2-1-3-6(7)9/h1-3,9H,4,8H2,(H2,10,11,12). The number of hydrogen-bond donors (Lipinski definition) is 4. The Bertz CT molecular complexity index is 360. The van der Waals surface area contributed by atoms with E-state index >= 15 is 0 Å². The Hall–Kier alpha value is -1.03. The van der Waals surface area contributed by atoms with E-state index in [1.165, 1.54) is 18.2 Å². The molecule has 0 aliphatic heterocycles. The molecule has 0 saturated carbocycles. The minimum atomic E-state index is -4.13. The number of benzene rings is 1. The predicted octanol–water partition coefficient (Wildman–Crippen LogP) is 0.652. The van der Waals surface area contributed by atoms with Crippen molar-refractivity contribution in [1.29, 1.82) is 0 Å². The van der Waals surface area contributed by atoms with Gasteiger partial charge in [-0.15, -0.1) is 0 Å². The Morgan fingerprint density at radius 3 is 2.54 bits per heavy atom. The van der Waals surface area contributed by atoms with Gasteiger partial charge in [0.15, 0.2) is 0 Å². The zero-order valence-electron chi connectivity index (χ0n) is 6.71. The van der Waals surface area contributed by atoms with Gasteiger partial charge in [0.1, 0.15) is 5.75 Å². The maximum Gasteiger partial charge on any atom is 0.329 e. The molecule has 0 aliphatic carbocycles. The first kappa shape index (κ1) is 10.1. The number of phenolic OH excluding ortho intramolecular Hbond substituents is 1. The van der Waals surface area contributed by atoms with Crippen LogP contribution in [0.4, 0.5) is 5.69 Å². The van der Waals surface area contributed by atoms with Crippen LogP contribution in [0, 0.1) is 0 Å². The fraction of sp³-hybridized carbons (Fsp3) is 0.143. The molecule has 1 aromatic rings. The third kappa shape index (κ3) is 2.73. The Labute approximate surface area is 75.0 Å². The van der Waals surface area contributed by atoms with Crippen LogP contribution in [0.15, 0.2) is 18.2 Å².